The minimum atomic E-state index is 0. The van der Waals surface area contributed by atoms with Gasteiger partial charge in [-0.15, -0.1) is 0 Å². The Morgan fingerprint density at radius 1 is 1.12 bits per heavy atom. The Morgan fingerprint density at radius 2 is 1.81 bits per heavy atom. The Hall–Kier alpha value is -0.0457. The molecule has 4 heteroatoms. The second kappa shape index (κ2) is 9.03. The van der Waals surface area contributed by atoms with Crippen LogP contribution in [0.1, 0.15) is 17.5 Å². The number of rotatable bonds is 2. The molecule has 16 heavy (non-hydrogen) atoms. The van der Waals surface area contributed by atoms with Crippen LogP contribution >= 0.6 is 0 Å². The molecule has 0 radical (unpaired) electrons. The second-order valence-electron chi connectivity index (χ2n) is 3.14. The Bertz CT molecular complexity index is 375. The summed E-state index contributed by atoms with van der Waals surface area (Å²) in [5, 5.41) is 9.13. The SMILES string of the molecule is OCc1ccccc1C1=CC=CC1.[Cl-].[Cl-].[Ti+2]. The van der Waals surface area contributed by atoms with Gasteiger partial charge in [0, 0.05) is 0 Å². The second-order valence-corrected chi connectivity index (χ2v) is 3.14. The maximum Gasteiger partial charge on any atom is 2.00 e. The Labute approximate surface area is 123 Å². The van der Waals surface area contributed by atoms with Crippen molar-refractivity contribution in [3.05, 3.63) is 53.6 Å². The molecule has 0 bridgehead atoms. The fourth-order valence-corrected chi connectivity index (χ4v) is 1.62. The molecule has 0 saturated heterocycles. The normalized spacial score (nSPS) is 11.9. The topological polar surface area (TPSA) is 20.2 Å². The molecule has 0 spiro atoms. The van der Waals surface area contributed by atoms with Crippen molar-refractivity contribution in [3.63, 3.8) is 0 Å². The number of aliphatic hydroxyl groups excluding tert-OH is 1. The molecule has 2 rings (SSSR count). The summed E-state index contributed by atoms with van der Waals surface area (Å²) in [5.74, 6) is 0. The van der Waals surface area contributed by atoms with Gasteiger partial charge in [0.05, 0.1) is 6.61 Å². The zero-order valence-electron chi connectivity index (χ0n) is 8.66. The summed E-state index contributed by atoms with van der Waals surface area (Å²) in [6, 6.07) is 7.99. The van der Waals surface area contributed by atoms with E-state index >= 15 is 0 Å². The predicted octanol–water partition coefficient (Wildman–Crippen LogP) is -3.47. The van der Waals surface area contributed by atoms with E-state index in [-0.39, 0.29) is 53.1 Å². The molecular formula is C12H12Cl2OTi. The monoisotopic (exact) mass is 290 g/mol. The van der Waals surface area contributed by atoms with Gasteiger partial charge in [-0.05, 0) is 23.1 Å². The molecule has 0 fully saturated rings. The number of hydrogen-bond acceptors (Lipinski definition) is 1. The van der Waals surface area contributed by atoms with Crippen LogP contribution in [0.5, 0.6) is 0 Å². The third-order valence-corrected chi connectivity index (χ3v) is 2.30. The van der Waals surface area contributed by atoms with Crippen molar-refractivity contribution in [1.82, 2.24) is 0 Å². The van der Waals surface area contributed by atoms with Gasteiger partial charge >= 0.3 is 21.7 Å². The van der Waals surface area contributed by atoms with Gasteiger partial charge in [0.15, 0.2) is 0 Å². The first-order valence-electron chi connectivity index (χ1n) is 4.46. The van der Waals surface area contributed by atoms with E-state index < -0.39 is 0 Å². The first-order valence-corrected chi connectivity index (χ1v) is 4.46. The van der Waals surface area contributed by atoms with Gasteiger partial charge in [0.2, 0.25) is 0 Å². The number of aliphatic hydroxyl groups is 1. The molecule has 0 heterocycles. The molecule has 1 aliphatic rings. The smallest absolute Gasteiger partial charge is 1.00 e. The molecule has 1 nitrogen and oxygen atoms in total. The van der Waals surface area contributed by atoms with E-state index in [0.717, 1.165) is 12.0 Å². The number of halogens is 2. The summed E-state index contributed by atoms with van der Waals surface area (Å²) in [6.07, 6.45) is 7.28. The van der Waals surface area contributed by atoms with Crippen LogP contribution in [-0.2, 0) is 28.3 Å². The fourth-order valence-electron chi connectivity index (χ4n) is 1.62. The maximum absolute atomic E-state index is 9.13. The number of benzene rings is 1. The largest absolute Gasteiger partial charge is 2.00 e. The van der Waals surface area contributed by atoms with Crippen LogP contribution in [0.2, 0.25) is 0 Å². The summed E-state index contributed by atoms with van der Waals surface area (Å²) in [5.41, 5.74) is 3.48. The van der Waals surface area contributed by atoms with Crippen LogP contribution in [0, 0.1) is 0 Å². The molecule has 1 N–H and O–H groups in total. The van der Waals surface area contributed by atoms with E-state index in [1.165, 1.54) is 11.1 Å². The van der Waals surface area contributed by atoms with Crippen molar-refractivity contribution >= 4 is 5.57 Å². The first kappa shape index (κ1) is 18.3. The van der Waals surface area contributed by atoms with Gasteiger partial charge in [0.25, 0.3) is 0 Å². The Morgan fingerprint density at radius 3 is 2.38 bits per heavy atom. The van der Waals surface area contributed by atoms with Crippen LogP contribution in [0.3, 0.4) is 0 Å². The van der Waals surface area contributed by atoms with Gasteiger partial charge in [0.1, 0.15) is 0 Å². The molecule has 0 saturated carbocycles. The van der Waals surface area contributed by atoms with Crippen LogP contribution in [-0.4, -0.2) is 5.11 Å². The Balaban J connectivity index is 0. The summed E-state index contributed by atoms with van der Waals surface area (Å²) in [6.45, 7) is 0.119. The summed E-state index contributed by atoms with van der Waals surface area (Å²) >= 11 is 0. The van der Waals surface area contributed by atoms with E-state index in [2.05, 4.69) is 24.3 Å². The fraction of sp³-hybridized carbons (Fsp3) is 0.167. The van der Waals surface area contributed by atoms with E-state index in [1.807, 2.05) is 18.2 Å². The van der Waals surface area contributed by atoms with E-state index in [1.54, 1.807) is 0 Å². The van der Waals surface area contributed by atoms with Crippen molar-refractivity contribution in [2.75, 3.05) is 0 Å². The molecule has 1 aromatic rings. The molecule has 1 aromatic carbocycles. The average Bonchev–Trinajstić information content (AvgIpc) is 2.70. The number of allylic oxidation sites excluding steroid dienone is 4. The molecular weight excluding hydrogens is 279 g/mol. The summed E-state index contributed by atoms with van der Waals surface area (Å²) in [4.78, 5) is 0. The van der Waals surface area contributed by atoms with Gasteiger partial charge < -0.3 is 29.9 Å². The quantitative estimate of drug-likeness (QED) is 0.561. The first-order chi connectivity index (χ1) is 6.42. The molecule has 0 atom stereocenters. The summed E-state index contributed by atoms with van der Waals surface area (Å²) < 4.78 is 0. The van der Waals surface area contributed by atoms with Crippen molar-refractivity contribution < 1.29 is 51.6 Å². The van der Waals surface area contributed by atoms with Crippen LogP contribution in [0.4, 0.5) is 0 Å². The van der Waals surface area contributed by atoms with Gasteiger partial charge in [-0.2, -0.15) is 0 Å². The zero-order chi connectivity index (χ0) is 9.10. The van der Waals surface area contributed by atoms with Crippen LogP contribution in [0.25, 0.3) is 5.57 Å². The molecule has 84 valence electrons. The van der Waals surface area contributed by atoms with E-state index in [4.69, 9.17) is 5.11 Å². The van der Waals surface area contributed by atoms with Crippen molar-refractivity contribution in [1.29, 1.82) is 0 Å². The Kier molecular flexibility index (Phi) is 10.3. The standard InChI is InChI=1S/C12H12O.2ClH.Ti/c13-9-11-7-3-4-8-12(11)10-5-1-2-6-10;;;/h1-5,7-8,13H,6,9H2;2*1H;/q;;;+2/p-2. The molecule has 0 unspecified atom stereocenters. The number of hydrogen-bond donors (Lipinski definition) is 1. The maximum atomic E-state index is 9.13. The third kappa shape index (κ3) is 4.08. The average molecular weight is 291 g/mol. The molecule has 0 aliphatic heterocycles. The van der Waals surface area contributed by atoms with E-state index in [9.17, 15) is 0 Å². The zero-order valence-corrected chi connectivity index (χ0v) is 11.7. The van der Waals surface area contributed by atoms with Gasteiger partial charge in [-0.1, -0.05) is 42.5 Å². The third-order valence-electron chi connectivity index (χ3n) is 2.30. The van der Waals surface area contributed by atoms with Gasteiger partial charge in [-0.25, -0.2) is 0 Å². The minimum absolute atomic E-state index is 0. The molecule has 0 aromatic heterocycles. The molecule has 1 aliphatic carbocycles. The molecule has 0 amide bonds. The van der Waals surface area contributed by atoms with Crippen molar-refractivity contribution in [2.24, 2.45) is 0 Å². The van der Waals surface area contributed by atoms with Crippen LogP contribution < -0.4 is 24.8 Å². The van der Waals surface area contributed by atoms with Gasteiger partial charge in [-0.3, -0.25) is 0 Å². The van der Waals surface area contributed by atoms with Crippen molar-refractivity contribution in [3.8, 4) is 0 Å². The van der Waals surface area contributed by atoms with Crippen LogP contribution in [0.15, 0.2) is 42.5 Å². The van der Waals surface area contributed by atoms with E-state index in [0.29, 0.717) is 0 Å². The van der Waals surface area contributed by atoms with Crippen molar-refractivity contribution in [2.45, 2.75) is 13.0 Å². The minimum Gasteiger partial charge on any atom is -1.00 e. The summed E-state index contributed by atoms with van der Waals surface area (Å²) in [7, 11) is 0. The predicted molar refractivity (Wildman–Crippen MR) is 54.1 cm³/mol.